The molecule has 17 heavy (non-hydrogen) atoms. The molecule has 0 aliphatic rings. The number of carbonyl (C=O) groups is 1. The smallest absolute Gasteiger partial charge is 0.336 e. The van der Waals surface area contributed by atoms with Crippen LogP contribution in [-0.4, -0.2) is 11.1 Å². The van der Waals surface area contributed by atoms with Crippen molar-refractivity contribution in [3.05, 3.63) is 58.9 Å². The average molecular weight is 251 g/mol. The lowest BCUT2D eigenvalue weighted by atomic mass is 9.99. The summed E-state index contributed by atoms with van der Waals surface area (Å²) in [5.74, 6) is -1.58. The monoisotopic (exact) mass is 250 g/mol. The molecule has 0 aliphatic carbocycles. The molecular formula is C13H8ClFO2. The van der Waals surface area contributed by atoms with Gasteiger partial charge in [-0.25, -0.2) is 9.18 Å². The SMILES string of the molecule is O=C(O)c1ccc(F)cc1-c1cccc(Cl)c1. The second-order valence-electron chi connectivity index (χ2n) is 3.51. The molecule has 0 amide bonds. The number of carboxylic acids is 1. The van der Waals surface area contributed by atoms with Gasteiger partial charge in [0.25, 0.3) is 0 Å². The predicted octanol–water partition coefficient (Wildman–Crippen LogP) is 3.84. The van der Waals surface area contributed by atoms with Crippen molar-refractivity contribution in [1.82, 2.24) is 0 Å². The van der Waals surface area contributed by atoms with E-state index in [2.05, 4.69) is 0 Å². The van der Waals surface area contributed by atoms with Crippen LogP contribution < -0.4 is 0 Å². The standard InChI is InChI=1S/C13H8ClFO2/c14-9-3-1-2-8(6-9)12-7-10(15)4-5-11(12)13(16)17/h1-7H,(H,16,17). The molecule has 4 heteroatoms. The first-order valence-electron chi connectivity index (χ1n) is 4.87. The minimum absolute atomic E-state index is 0.0497. The van der Waals surface area contributed by atoms with Gasteiger partial charge >= 0.3 is 5.97 Å². The van der Waals surface area contributed by atoms with Gasteiger partial charge in [0, 0.05) is 5.02 Å². The Balaban J connectivity index is 2.65. The summed E-state index contributed by atoms with van der Waals surface area (Å²) in [6.07, 6.45) is 0. The van der Waals surface area contributed by atoms with E-state index in [0.29, 0.717) is 16.1 Å². The van der Waals surface area contributed by atoms with Crippen LogP contribution in [0, 0.1) is 5.82 Å². The molecule has 0 aliphatic heterocycles. The zero-order valence-corrected chi connectivity index (χ0v) is 9.41. The molecule has 0 atom stereocenters. The van der Waals surface area contributed by atoms with Crippen LogP contribution in [0.2, 0.25) is 5.02 Å². The summed E-state index contributed by atoms with van der Waals surface area (Å²) in [6.45, 7) is 0. The van der Waals surface area contributed by atoms with Crippen molar-refractivity contribution in [2.24, 2.45) is 0 Å². The lowest BCUT2D eigenvalue weighted by Crippen LogP contribution is -2.00. The highest BCUT2D eigenvalue weighted by molar-refractivity contribution is 6.30. The highest BCUT2D eigenvalue weighted by Gasteiger charge is 2.12. The molecular weight excluding hydrogens is 243 g/mol. The van der Waals surface area contributed by atoms with E-state index in [1.54, 1.807) is 24.3 Å². The summed E-state index contributed by atoms with van der Waals surface area (Å²) in [7, 11) is 0. The van der Waals surface area contributed by atoms with Crippen molar-refractivity contribution in [2.45, 2.75) is 0 Å². The van der Waals surface area contributed by atoms with E-state index in [-0.39, 0.29) is 5.56 Å². The van der Waals surface area contributed by atoms with Crippen LogP contribution in [-0.2, 0) is 0 Å². The summed E-state index contributed by atoms with van der Waals surface area (Å²) in [6, 6.07) is 10.2. The van der Waals surface area contributed by atoms with Gasteiger partial charge in [-0.3, -0.25) is 0 Å². The van der Waals surface area contributed by atoms with Gasteiger partial charge < -0.3 is 5.11 Å². The molecule has 2 rings (SSSR count). The van der Waals surface area contributed by atoms with Crippen molar-refractivity contribution in [1.29, 1.82) is 0 Å². The first-order valence-corrected chi connectivity index (χ1v) is 5.24. The van der Waals surface area contributed by atoms with Crippen LogP contribution in [0.4, 0.5) is 4.39 Å². The Morgan fingerprint density at radius 1 is 1.18 bits per heavy atom. The fourth-order valence-corrected chi connectivity index (χ4v) is 1.79. The molecule has 2 nitrogen and oxygen atoms in total. The number of aromatic carboxylic acids is 1. The fourth-order valence-electron chi connectivity index (χ4n) is 1.60. The molecule has 2 aromatic carbocycles. The lowest BCUT2D eigenvalue weighted by molar-refractivity contribution is 0.0697. The lowest BCUT2D eigenvalue weighted by Gasteiger charge is -2.06. The maximum atomic E-state index is 13.2. The minimum Gasteiger partial charge on any atom is -0.478 e. The summed E-state index contributed by atoms with van der Waals surface area (Å²) in [4.78, 5) is 11.0. The molecule has 0 heterocycles. The summed E-state index contributed by atoms with van der Waals surface area (Å²) in [5, 5.41) is 9.51. The van der Waals surface area contributed by atoms with Crippen LogP contribution in [0.25, 0.3) is 11.1 Å². The Morgan fingerprint density at radius 3 is 2.59 bits per heavy atom. The number of hydrogen-bond acceptors (Lipinski definition) is 1. The molecule has 0 unspecified atom stereocenters. The minimum atomic E-state index is -1.10. The largest absolute Gasteiger partial charge is 0.478 e. The van der Waals surface area contributed by atoms with Crippen molar-refractivity contribution >= 4 is 17.6 Å². The maximum Gasteiger partial charge on any atom is 0.336 e. The van der Waals surface area contributed by atoms with Crippen LogP contribution in [0.1, 0.15) is 10.4 Å². The molecule has 86 valence electrons. The second kappa shape index (κ2) is 4.55. The third-order valence-electron chi connectivity index (χ3n) is 2.35. The fraction of sp³-hybridized carbons (Fsp3) is 0. The van der Waals surface area contributed by atoms with Crippen molar-refractivity contribution in [2.75, 3.05) is 0 Å². The van der Waals surface area contributed by atoms with Crippen molar-refractivity contribution in [3.63, 3.8) is 0 Å². The third kappa shape index (κ3) is 2.45. The van der Waals surface area contributed by atoms with Gasteiger partial charge in [-0.2, -0.15) is 0 Å². The van der Waals surface area contributed by atoms with Gasteiger partial charge in [0.05, 0.1) is 5.56 Å². The van der Waals surface area contributed by atoms with Crippen LogP contribution in [0.15, 0.2) is 42.5 Å². The third-order valence-corrected chi connectivity index (χ3v) is 2.58. The summed E-state index contributed by atoms with van der Waals surface area (Å²) in [5.41, 5.74) is 0.947. The summed E-state index contributed by atoms with van der Waals surface area (Å²) >= 11 is 5.83. The average Bonchev–Trinajstić information content (AvgIpc) is 2.28. The van der Waals surface area contributed by atoms with E-state index in [1.807, 2.05) is 0 Å². The van der Waals surface area contributed by atoms with E-state index >= 15 is 0 Å². The van der Waals surface area contributed by atoms with Gasteiger partial charge in [0.2, 0.25) is 0 Å². The van der Waals surface area contributed by atoms with Crippen LogP contribution >= 0.6 is 11.6 Å². The van der Waals surface area contributed by atoms with E-state index in [1.165, 1.54) is 12.1 Å². The molecule has 2 aromatic rings. The Hall–Kier alpha value is -1.87. The number of rotatable bonds is 2. The maximum absolute atomic E-state index is 13.2. The highest BCUT2D eigenvalue weighted by atomic mass is 35.5. The first kappa shape index (κ1) is 11.6. The molecule has 0 radical (unpaired) electrons. The van der Waals surface area contributed by atoms with Crippen LogP contribution in [0.5, 0.6) is 0 Å². The number of hydrogen-bond donors (Lipinski definition) is 1. The molecule has 1 N–H and O–H groups in total. The first-order chi connectivity index (χ1) is 8.08. The molecule has 0 spiro atoms. The van der Waals surface area contributed by atoms with Gasteiger partial charge in [-0.05, 0) is 41.5 Å². The molecule has 0 bridgehead atoms. The number of benzene rings is 2. The second-order valence-corrected chi connectivity index (χ2v) is 3.94. The predicted molar refractivity (Wildman–Crippen MR) is 63.8 cm³/mol. The Morgan fingerprint density at radius 2 is 1.94 bits per heavy atom. The van der Waals surface area contributed by atoms with Gasteiger partial charge in [0.1, 0.15) is 5.82 Å². The van der Waals surface area contributed by atoms with Crippen LogP contribution in [0.3, 0.4) is 0 Å². The van der Waals surface area contributed by atoms with Gasteiger partial charge in [-0.15, -0.1) is 0 Å². The Labute approximate surface area is 102 Å². The van der Waals surface area contributed by atoms with E-state index < -0.39 is 11.8 Å². The topological polar surface area (TPSA) is 37.3 Å². The Kier molecular flexibility index (Phi) is 3.11. The van der Waals surface area contributed by atoms with Gasteiger partial charge in [0.15, 0.2) is 0 Å². The highest BCUT2D eigenvalue weighted by Crippen LogP contribution is 2.27. The van der Waals surface area contributed by atoms with Crippen molar-refractivity contribution in [3.8, 4) is 11.1 Å². The van der Waals surface area contributed by atoms with Crippen molar-refractivity contribution < 1.29 is 14.3 Å². The molecule has 0 saturated heterocycles. The normalized spacial score (nSPS) is 10.2. The molecule has 0 aromatic heterocycles. The van der Waals surface area contributed by atoms with Gasteiger partial charge in [-0.1, -0.05) is 23.7 Å². The number of halogens is 2. The zero-order chi connectivity index (χ0) is 12.4. The van der Waals surface area contributed by atoms with E-state index in [4.69, 9.17) is 16.7 Å². The Bertz CT molecular complexity index is 581. The van der Waals surface area contributed by atoms with E-state index in [0.717, 1.165) is 6.07 Å². The van der Waals surface area contributed by atoms with E-state index in [9.17, 15) is 9.18 Å². The number of carboxylic acid groups (broad SMARTS) is 1. The quantitative estimate of drug-likeness (QED) is 0.879. The molecule has 0 saturated carbocycles. The zero-order valence-electron chi connectivity index (χ0n) is 8.65. The molecule has 0 fully saturated rings. The summed E-state index contributed by atoms with van der Waals surface area (Å²) < 4.78 is 13.2.